The first kappa shape index (κ1) is 20.3. The van der Waals surface area contributed by atoms with Crippen LogP contribution in [0.4, 0.5) is 4.39 Å². The van der Waals surface area contributed by atoms with Gasteiger partial charge in [-0.15, -0.1) is 11.3 Å². The van der Waals surface area contributed by atoms with E-state index in [0.29, 0.717) is 21.4 Å². The van der Waals surface area contributed by atoms with E-state index in [-0.39, 0.29) is 23.3 Å². The number of thiazole rings is 1. The molecule has 0 saturated carbocycles. The molecule has 1 aliphatic rings. The molecule has 1 atom stereocenters. The maximum absolute atomic E-state index is 13.0. The number of aromatic nitrogens is 1. The third-order valence-electron chi connectivity index (χ3n) is 4.48. The van der Waals surface area contributed by atoms with Gasteiger partial charge in [0.2, 0.25) is 0 Å². The van der Waals surface area contributed by atoms with E-state index in [1.165, 1.54) is 23.5 Å². The molecule has 0 radical (unpaired) electrons. The van der Waals surface area contributed by atoms with E-state index in [0.717, 1.165) is 22.9 Å². The zero-order chi connectivity index (χ0) is 21.1. The highest BCUT2D eigenvalue weighted by Crippen LogP contribution is 2.41. The van der Waals surface area contributed by atoms with Gasteiger partial charge in [0.05, 0.1) is 17.1 Å². The van der Waals surface area contributed by atoms with Crippen LogP contribution in [0.5, 0.6) is 11.5 Å². The molecule has 8 heteroatoms. The Balaban J connectivity index is 1.52. The zero-order valence-electron chi connectivity index (χ0n) is 15.9. The van der Waals surface area contributed by atoms with Gasteiger partial charge in [-0.05, 0) is 41.5 Å². The minimum Gasteiger partial charge on any atom is -0.493 e. The summed E-state index contributed by atoms with van der Waals surface area (Å²) in [6.45, 7) is 0.276. The van der Waals surface area contributed by atoms with Crippen LogP contribution in [0.1, 0.15) is 22.1 Å². The lowest BCUT2D eigenvalue weighted by atomic mass is 10.0. The summed E-state index contributed by atoms with van der Waals surface area (Å²) in [6, 6.07) is 11.5. The molecule has 3 aromatic rings. The fourth-order valence-corrected chi connectivity index (χ4v) is 4.78. The van der Waals surface area contributed by atoms with Gasteiger partial charge < -0.3 is 9.47 Å². The molecule has 1 N–H and O–H groups in total. The lowest BCUT2D eigenvalue weighted by molar-refractivity contribution is -0.114. The number of halogens is 1. The molecule has 1 fully saturated rings. The molecule has 152 valence electrons. The number of nitrogens with zero attached hydrogens (tertiary/aromatic N) is 1. The Bertz CT molecular complexity index is 1110. The van der Waals surface area contributed by atoms with Crippen LogP contribution in [0.15, 0.2) is 58.9 Å². The molecular weight excluding hydrogens is 423 g/mol. The lowest BCUT2D eigenvalue weighted by Crippen LogP contribution is -2.11. The Morgan fingerprint density at radius 1 is 1.20 bits per heavy atom. The third-order valence-corrected chi connectivity index (χ3v) is 6.31. The van der Waals surface area contributed by atoms with Crippen LogP contribution < -0.4 is 9.47 Å². The molecule has 0 amide bonds. The van der Waals surface area contributed by atoms with Gasteiger partial charge in [0, 0.05) is 11.6 Å². The van der Waals surface area contributed by atoms with Gasteiger partial charge in [0.1, 0.15) is 23.3 Å². The van der Waals surface area contributed by atoms with Crippen LogP contribution >= 0.6 is 23.1 Å². The van der Waals surface area contributed by atoms with E-state index >= 15 is 0 Å². The molecule has 0 unspecified atom stereocenters. The molecule has 2 heterocycles. The predicted molar refractivity (Wildman–Crippen MR) is 117 cm³/mol. The van der Waals surface area contributed by atoms with Crippen molar-refractivity contribution < 1.29 is 18.7 Å². The van der Waals surface area contributed by atoms with Gasteiger partial charge in [-0.2, -0.15) is 0 Å². The number of carbonyl (C=O) groups is 1. The summed E-state index contributed by atoms with van der Waals surface area (Å²) in [5.74, 6) is 0.0477. The Hall–Kier alpha value is -2.97. The van der Waals surface area contributed by atoms with E-state index in [2.05, 4.69) is 4.98 Å². The largest absolute Gasteiger partial charge is 0.493 e. The molecule has 30 heavy (non-hydrogen) atoms. The first-order chi connectivity index (χ1) is 14.5. The number of hydrogen-bond donors (Lipinski definition) is 1. The van der Waals surface area contributed by atoms with Crippen LogP contribution in [0.25, 0.3) is 6.08 Å². The number of Topliss-reactive ketones (excluding diaryl/α,β-unsaturated/α-hetero) is 1. The maximum atomic E-state index is 13.0. The number of methoxy groups -OCH3 is 1. The number of allylic oxidation sites excluding steroid dienone is 1. The second-order valence-electron chi connectivity index (χ2n) is 6.47. The summed E-state index contributed by atoms with van der Waals surface area (Å²) in [6.07, 6.45) is 3.39. The van der Waals surface area contributed by atoms with Gasteiger partial charge >= 0.3 is 0 Å². The number of ether oxygens (including phenoxy) is 2. The topological polar surface area (TPSA) is 72.3 Å². The number of ketones is 1. The highest BCUT2D eigenvalue weighted by Gasteiger charge is 2.38. The predicted octanol–water partition coefficient (Wildman–Crippen LogP) is 5.29. The standard InChI is InChI=1S/C22H17FN2O3S2/c1-27-17-10-14(4-7-16(17)28-12-13-2-5-15(23)6-3-13)11-18-20(26)19(21(24)30-18)22-25-8-9-29-22/h2-11,19,24H,12H2,1H3/b18-11-,24-21?/t19-/m1/s1. The van der Waals surface area contributed by atoms with Crippen LogP contribution in [-0.4, -0.2) is 22.9 Å². The van der Waals surface area contributed by atoms with Gasteiger partial charge in [-0.3, -0.25) is 10.2 Å². The fourth-order valence-electron chi connectivity index (χ4n) is 2.98. The monoisotopic (exact) mass is 440 g/mol. The van der Waals surface area contributed by atoms with Crippen molar-refractivity contribution in [3.63, 3.8) is 0 Å². The number of benzene rings is 2. The van der Waals surface area contributed by atoms with Gasteiger partial charge in [-0.25, -0.2) is 9.37 Å². The first-order valence-corrected chi connectivity index (χ1v) is 10.7. The van der Waals surface area contributed by atoms with Gasteiger partial charge in [-0.1, -0.05) is 30.0 Å². The van der Waals surface area contributed by atoms with E-state index < -0.39 is 5.92 Å². The number of carbonyl (C=O) groups excluding carboxylic acids is 1. The molecule has 1 saturated heterocycles. The van der Waals surface area contributed by atoms with E-state index in [4.69, 9.17) is 14.9 Å². The summed E-state index contributed by atoms with van der Waals surface area (Å²) in [5.41, 5.74) is 1.61. The SMILES string of the molecule is COc1cc(/C=C2\SC(=N)[C@H](c3nccs3)C2=O)ccc1OCc1ccc(F)cc1. The van der Waals surface area contributed by atoms with Crippen molar-refractivity contribution >= 4 is 40.0 Å². The Morgan fingerprint density at radius 2 is 2.00 bits per heavy atom. The molecule has 4 rings (SSSR count). The Labute approximate surface area is 181 Å². The average molecular weight is 441 g/mol. The quantitative estimate of drug-likeness (QED) is 0.528. The van der Waals surface area contributed by atoms with Crippen molar-refractivity contribution in [1.29, 1.82) is 5.41 Å². The summed E-state index contributed by atoms with van der Waals surface area (Å²) in [7, 11) is 1.54. The van der Waals surface area contributed by atoms with Crippen LogP contribution in [-0.2, 0) is 11.4 Å². The normalized spacial score (nSPS) is 17.5. The molecule has 5 nitrogen and oxygen atoms in total. The number of thioether (sulfide) groups is 1. The second kappa shape index (κ2) is 8.81. The van der Waals surface area contributed by atoms with Gasteiger partial charge in [0.15, 0.2) is 17.3 Å². The smallest absolute Gasteiger partial charge is 0.186 e. The number of hydrogen-bond acceptors (Lipinski definition) is 7. The molecule has 0 spiro atoms. The van der Waals surface area contributed by atoms with Crippen molar-refractivity contribution in [1.82, 2.24) is 4.98 Å². The molecule has 1 aromatic heterocycles. The summed E-state index contributed by atoms with van der Waals surface area (Å²) in [4.78, 5) is 17.5. The summed E-state index contributed by atoms with van der Waals surface area (Å²) in [5, 5.41) is 10.9. The first-order valence-electron chi connectivity index (χ1n) is 9.02. The molecule has 0 bridgehead atoms. The van der Waals surface area contributed by atoms with Crippen molar-refractivity contribution in [3.8, 4) is 11.5 Å². The number of rotatable bonds is 6. The Morgan fingerprint density at radius 3 is 2.70 bits per heavy atom. The van der Waals surface area contributed by atoms with Crippen molar-refractivity contribution in [2.75, 3.05) is 7.11 Å². The molecule has 0 aliphatic carbocycles. The zero-order valence-corrected chi connectivity index (χ0v) is 17.6. The molecule has 1 aliphatic heterocycles. The van der Waals surface area contributed by atoms with E-state index in [1.54, 1.807) is 49.0 Å². The minimum atomic E-state index is -0.610. The minimum absolute atomic E-state index is 0.115. The molecule has 2 aromatic carbocycles. The number of nitrogens with one attached hydrogen (secondary N) is 1. The highest BCUT2D eigenvalue weighted by molar-refractivity contribution is 8.19. The van der Waals surface area contributed by atoms with Crippen molar-refractivity contribution in [2.24, 2.45) is 0 Å². The third kappa shape index (κ3) is 4.29. The van der Waals surface area contributed by atoms with Crippen LogP contribution in [0, 0.1) is 11.2 Å². The fraction of sp³-hybridized carbons (Fsp3) is 0.136. The van der Waals surface area contributed by atoms with Crippen molar-refractivity contribution in [3.05, 3.63) is 80.9 Å². The second-order valence-corrected chi connectivity index (χ2v) is 8.48. The van der Waals surface area contributed by atoms with Crippen LogP contribution in [0.2, 0.25) is 0 Å². The summed E-state index contributed by atoms with van der Waals surface area (Å²) >= 11 is 2.54. The van der Waals surface area contributed by atoms with Gasteiger partial charge in [0.25, 0.3) is 0 Å². The van der Waals surface area contributed by atoms with E-state index in [9.17, 15) is 9.18 Å². The molecular formula is C22H17FN2O3S2. The highest BCUT2D eigenvalue weighted by atomic mass is 32.2. The summed E-state index contributed by atoms with van der Waals surface area (Å²) < 4.78 is 24.3. The Kier molecular flexibility index (Phi) is 5.96. The van der Waals surface area contributed by atoms with Crippen molar-refractivity contribution in [2.45, 2.75) is 12.5 Å². The van der Waals surface area contributed by atoms with E-state index in [1.807, 2.05) is 6.07 Å². The average Bonchev–Trinajstić information content (AvgIpc) is 3.36. The maximum Gasteiger partial charge on any atom is 0.186 e. The lowest BCUT2D eigenvalue weighted by Gasteiger charge is -2.11. The van der Waals surface area contributed by atoms with Crippen LogP contribution in [0.3, 0.4) is 0 Å².